The van der Waals surface area contributed by atoms with Crippen LogP contribution in [0.2, 0.25) is 0 Å². The van der Waals surface area contributed by atoms with E-state index in [-0.39, 0.29) is 5.54 Å². The fraction of sp³-hybridized carbons (Fsp3) is 0.500. The van der Waals surface area contributed by atoms with Crippen molar-refractivity contribution in [1.29, 1.82) is 0 Å². The standard InChI is InChI=1S/C8H10BrCl2N3/c1-8(4-10,5-11)14-7-12-2-6(9)3-13-7/h2-3H,4-5H2,1H3,(H,12,13,14). The van der Waals surface area contributed by atoms with Crippen molar-refractivity contribution in [2.75, 3.05) is 17.1 Å². The average molecular weight is 299 g/mol. The zero-order chi connectivity index (χ0) is 10.6. The fourth-order valence-corrected chi connectivity index (χ4v) is 1.37. The molecule has 0 saturated carbocycles. The molecule has 0 unspecified atom stereocenters. The number of alkyl halides is 2. The maximum atomic E-state index is 5.78. The van der Waals surface area contributed by atoms with Crippen LogP contribution in [0.4, 0.5) is 5.95 Å². The lowest BCUT2D eigenvalue weighted by atomic mass is 10.1. The van der Waals surface area contributed by atoms with E-state index in [0.717, 1.165) is 4.47 Å². The van der Waals surface area contributed by atoms with Gasteiger partial charge in [-0.3, -0.25) is 0 Å². The Balaban J connectivity index is 2.72. The Kier molecular flexibility index (Phi) is 4.41. The third-order valence-electron chi connectivity index (χ3n) is 1.62. The first-order valence-electron chi connectivity index (χ1n) is 3.97. The van der Waals surface area contributed by atoms with Gasteiger partial charge in [-0.15, -0.1) is 23.2 Å². The molecule has 0 amide bonds. The van der Waals surface area contributed by atoms with Crippen LogP contribution in [0.15, 0.2) is 16.9 Å². The molecule has 3 nitrogen and oxygen atoms in total. The summed E-state index contributed by atoms with van der Waals surface area (Å²) in [6.07, 6.45) is 3.33. The van der Waals surface area contributed by atoms with Gasteiger partial charge in [-0.1, -0.05) is 0 Å². The molecule has 0 aliphatic heterocycles. The van der Waals surface area contributed by atoms with Crippen molar-refractivity contribution in [2.24, 2.45) is 0 Å². The zero-order valence-corrected chi connectivity index (χ0v) is 10.7. The van der Waals surface area contributed by atoms with Crippen molar-refractivity contribution < 1.29 is 0 Å². The van der Waals surface area contributed by atoms with Crippen LogP contribution in [0.1, 0.15) is 6.92 Å². The maximum absolute atomic E-state index is 5.78. The van der Waals surface area contributed by atoms with Crippen LogP contribution >= 0.6 is 39.1 Å². The second-order valence-corrected chi connectivity index (χ2v) is 4.63. The molecule has 1 heterocycles. The average Bonchev–Trinajstić information content (AvgIpc) is 2.21. The molecule has 1 aromatic rings. The lowest BCUT2D eigenvalue weighted by molar-refractivity contribution is 0.640. The smallest absolute Gasteiger partial charge is 0.223 e. The lowest BCUT2D eigenvalue weighted by Crippen LogP contribution is -2.39. The first kappa shape index (κ1) is 12.0. The van der Waals surface area contributed by atoms with Crippen LogP contribution in [0, 0.1) is 0 Å². The van der Waals surface area contributed by atoms with E-state index >= 15 is 0 Å². The van der Waals surface area contributed by atoms with Crippen LogP contribution in [0.3, 0.4) is 0 Å². The number of nitrogens with zero attached hydrogens (tertiary/aromatic N) is 2. The molecule has 1 rings (SSSR count). The Morgan fingerprint density at radius 1 is 1.36 bits per heavy atom. The van der Waals surface area contributed by atoms with Crippen molar-refractivity contribution in [3.63, 3.8) is 0 Å². The molecule has 0 fully saturated rings. The summed E-state index contributed by atoms with van der Waals surface area (Å²) in [6, 6.07) is 0. The van der Waals surface area contributed by atoms with E-state index in [0.29, 0.717) is 17.7 Å². The first-order chi connectivity index (χ1) is 6.59. The molecule has 0 spiro atoms. The van der Waals surface area contributed by atoms with Gasteiger partial charge in [0.05, 0.1) is 10.0 Å². The van der Waals surface area contributed by atoms with Crippen molar-refractivity contribution in [3.8, 4) is 0 Å². The molecule has 6 heteroatoms. The predicted octanol–water partition coefficient (Wildman–Crippen LogP) is 2.89. The molecule has 1 aromatic heterocycles. The molecule has 78 valence electrons. The molecule has 14 heavy (non-hydrogen) atoms. The van der Waals surface area contributed by atoms with E-state index < -0.39 is 0 Å². The SMILES string of the molecule is CC(CCl)(CCl)Nc1ncc(Br)cn1. The van der Waals surface area contributed by atoms with Gasteiger partial charge in [0.2, 0.25) is 5.95 Å². The van der Waals surface area contributed by atoms with Crippen molar-refractivity contribution in [3.05, 3.63) is 16.9 Å². The molecule has 0 bridgehead atoms. The van der Waals surface area contributed by atoms with Crippen molar-refractivity contribution in [1.82, 2.24) is 9.97 Å². The Bertz CT molecular complexity index is 287. The van der Waals surface area contributed by atoms with Gasteiger partial charge in [0.25, 0.3) is 0 Å². The number of halogens is 3. The molecule has 0 aliphatic carbocycles. The van der Waals surface area contributed by atoms with Crippen LogP contribution in [0.5, 0.6) is 0 Å². The van der Waals surface area contributed by atoms with E-state index in [1.807, 2.05) is 6.92 Å². The minimum atomic E-state index is -0.378. The topological polar surface area (TPSA) is 37.8 Å². The van der Waals surface area contributed by atoms with Crippen LogP contribution in [0.25, 0.3) is 0 Å². The highest BCUT2D eigenvalue weighted by Gasteiger charge is 2.22. The zero-order valence-electron chi connectivity index (χ0n) is 7.60. The van der Waals surface area contributed by atoms with Crippen LogP contribution < -0.4 is 5.32 Å². The van der Waals surface area contributed by atoms with Crippen LogP contribution in [-0.4, -0.2) is 27.3 Å². The summed E-state index contributed by atoms with van der Waals surface area (Å²) in [6.45, 7) is 1.92. The van der Waals surface area contributed by atoms with Crippen molar-refractivity contribution in [2.45, 2.75) is 12.5 Å². The second kappa shape index (κ2) is 5.14. The van der Waals surface area contributed by atoms with E-state index in [2.05, 4.69) is 31.2 Å². The normalized spacial score (nSPS) is 11.4. The van der Waals surface area contributed by atoms with Gasteiger partial charge in [0.1, 0.15) is 0 Å². The summed E-state index contributed by atoms with van der Waals surface area (Å²) in [5.74, 6) is 1.32. The molecule has 0 aromatic carbocycles. The summed E-state index contributed by atoms with van der Waals surface area (Å²) in [5.41, 5.74) is -0.378. The summed E-state index contributed by atoms with van der Waals surface area (Å²) >= 11 is 14.8. The highest BCUT2D eigenvalue weighted by atomic mass is 79.9. The Hall–Kier alpha value is -0.0600. The van der Waals surface area contributed by atoms with Crippen molar-refractivity contribution >= 4 is 45.1 Å². The van der Waals surface area contributed by atoms with Crippen LogP contribution in [-0.2, 0) is 0 Å². The summed E-state index contributed by atoms with van der Waals surface area (Å²) < 4.78 is 0.835. The van der Waals surface area contributed by atoms with E-state index in [1.54, 1.807) is 12.4 Å². The monoisotopic (exact) mass is 297 g/mol. The third kappa shape index (κ3) is 3.26. The van der Waals surface area contributed by atoms with Gasteiger partial charge in [0, 0.05) is 24.2 Å². The number of anilines is 1. The van der Waals surface area contributed by atoms with Gasteiger partial charge in [-0.25, -0.2) is 9.97 Å². The quantitative estimate of drug-likeness (QED) is 0.869. The molecule has 0 saturated heterocycles. The predicted molar refractivity (Wildman–Crippen MR) is 63.2 cm³/mol. The first-order valence-corrected chi connectivity index (χ1v) is 5.83. The van der Waals surface area contributed by atoms with Gasteiger partial charge >= 0.3 is 0 Å². The Labute approximate surface area is 101 Å². The number of rotatable bonds is 4. The number of aromatic nitrogens is 2. The lowest BCUT2D eigenvalue weighted by Gasteiger charge is -2.25. The summed E-state index contributed by atoms with van der Waals surface area (Å²) in [5, 5.41) is 3.08. The minimum Gasteiger partial charge on any atom is -0.347 e. The number of hydrogen-bond acceptors (Lipinski definition) is 3. The van der Waals surface area contributed by atoms with E-state index in [4.69, 9.17) is 23.2 Å². The number of hydrogen-bond donors (Lipinski definition) is 1. The highest BCUT2D eigenvalue weighted by molar-refractivity contribution is 9.10. The summed E-state index contributed by atoms with van der Waals surface area (Å²) in [7, 11) is 0. The molecule has 0 aliphatic rings. The molecule has 0 atom stereocenters. The number of nitrogens with one attached hydrogen (secondary N) is 1. The Morgan fingerprint density at radius 3 is 2.29 bits per heavy atom. The third-order valence-corrected chi connectivity index (χ3v) is 3.21. The summed E-state index contributed by atoms with van der Waals surface area (Å²) in [4.78, 5) is 8.15. The van der Waals surface area contributed by atoms with E-state index in [1.165, 1.54) is 0 Å². The second-order valence-electron chi connectivity index (χ2n) is 3.18. The van der Waals surface area contributed by atoms with Gasteiger partial charge < -0.3 is 5.32 Å². The van der Waals surface area contributed by atoms with Gasteiger partial charge in [0.15, 0.2) is 0 Å². The highest BCUT2D eigenvalue weighted by Crippen LogP contribution is 2.15. The molecule has 0 radical (unpaired) electrons. The molecular weight excluding hydrogens is 289 g/mol. The Morgan fingerprint density at radius 2 is 1.86 bits per heavy atom. The molecule has 1 N–H and O–H groups in total. The van der Waals surface area contributed by atoms with E-state index in [9.17, 15) is 0 Å². The largest absolute Gasteiger partial charge is 0.347 e. The minimum absolute atomic E-state index is 0.378. The molecular formula is C8H10BrCl2N3. The maximum Gasteiger partial charge on any atom is 0.223 e. The fourth-order valence-electron chi connectivity index (χ4n) is 0.749. The van der Waals surface area contributed by atoms with Gasteiger partial charge in [-0.05, 0) is 22.9 Å². The van der Waals surface area contributed by atoms with Gasteiger partial charge in [-0.2, -0.15) is 0 Å².